The molecule has 1 heterocycles. The first kappa shape index (κ1) is 16.1. The largest absolute Gasteiger partial charge is 0.368 e. The lowest BCUT2D eigenvalue weighted by atomic mass is 9.97. The van der Waals surface area contributed by atoms with Crippen LogP contribution in [0.4, 0.5) is 0 Å². The average Bonchev–Trinajstić information content (AvgIpc) is 2.71. The smallest absolute Gasteiger partial charge is 0.0444 e. The minimum absolute atomic E-state index is 0.270. The molecule has 1 aromatic rings. The number of aryl methyl sites for hydroxylation is 1. The Morgan fingerprint density at radius 2 is 1.95 bits per heavy atom. The molecule has 2 heteroatoms. The van der Waals surface area contributed by atoms with Crippen molar-refractivity contribution in [2.45, 2.75) is 71.0 Å². The first-order valence-corrected chi connectivity index (χ1v) is 8.18. The highest BCUT2D eigenvalue weighted by atomic mass is 15.2. The first-order valence-electron chi connectivity index (χ1n) is 8.18. The van der Waals surface area contributed by atoms with Gasteiger partial charge in [-0.3, -0.25) is 0 Å². The zero-order valence-electron chi connectivity index (χ0n) is 14.0. The molecule has 2 nitrogen and oxygen atoms in total. The van der Waals surface area contributed by atoms with Gasteiger partial charge in [-0.2, -0.15) is 0 Å². The van der Waals surface area contributed by atoms with E-state index >= 15 is 0 Å². The van der Waals surface area contributed by atoms with Gasteiger partial charge >= 0.3 is 0 Å². The lowest BCUT2D eigenvalue weighted by Crippen LogP contribution is -2.39. The predicted molar refractivity (Wildman–Crippen MR) is 91.3 cm³/mol. The fraction of sp³-hybridized carbons (Fsp3) is 0.579. The van der Waals surface area contributed by atoms with E-state index in [2.05, 4.69) is 63.4 Å². The number of allylic oxidation sites excluding steroid dienone is 1. The van der Waals surface area contributed by atoms with Crippen molar-refractivity contribution in [2.24, 2.45) is 5.73 Å². The highest BCUT2D eigenvalue weighted by Crippen LogP contribution is 2.29. The summed E-state index contributed by atoms with van der Waals surface area (Å²) < 4.78 is 0. The zero-order chi connectivity index (χ0) is 15.6. The second kappa shape index (κ2) is 6.65. The van der Waals surface area contributed by atoms with E-state index in [0.717, 1.165) is 25.0 Å². The molecular weight excluding hydrogens is 256 g/mol. The standard InChI is InChI=1S/C19H30N2/c1-13(2)17-9-6-16(7-10-17)8-11-19-18(20)12-15(5)21(19)14(3)4/h6-7,9-10,13,15,18-19H,3,8,11-12,20H2,1-2,4-5H3. The van der Waals surface area contributed by atoms with Gasteiger partial charge in [-0.25, -0.2) is 0 Å². The Morgan fingerprint density at radius 1 is 1.33 bits per heavy atom. The van der Waals surface area contributed by atoms with Gasteiger partial charge in [0.15, 0.2) is 0 Å². The maximum Gasteiger partial charge on any atom is 0.0444 e. The van der Waals surface area contributed by atoms with Gasteiger partial charge in [0.05, 0.1) is 0 Å². The normalized spacial score (nSPS) is 25.6. The van der Waals surface area contributed by atoms with E-state index in [1.165, 1.54) is 11.1 Å². The van der Waals surface area contributed by atoms with Crippen molar-refractivity contribution in [1.29, 1.82) is 0 Å². The summed E-state index contributed by atoms with van der Waals surface area (Å²) in [6.45, 7) is 13.0. The van der Waals surface area contributed by atoms with Crippen LogP contribution in [0, 0.1) is 0 Å². The van der Waals surface area contributed by atoms with Gasteiger partial charge in [-0.05, 0) is 50.2 Å². The second-order valence-corrected chi connectivity index (χ2v) is 6.89. The van der Waals surface area contributed by atoms with E-state index in [-0.39, 0.29) is 6.04 Å². The molecule has 0 spiro atoms. The molecule has 3 unspecified atom stereocenters. The summed E-state index contributed by atoms with van der Waals surface area (Å²) in [5, 5.41) is 0. The molecule has 2 rings (SSSR count). The SMILES string of the molecule is C=C(C)N1C(C)CC(N)C1CCc1ccc(C(C)C)cc1. The van der Waals surface area contributed by atoms with Crippen molar-refractivity contribution in [3.05, 3.63) is 47.7 Å². The van der Waals surface area contributed by atoms with Crippen LogP contribution in [0.3, 0.4) is 0 Å². The third-order valence-electron chi connectivity index (χ3n) is 4.76. The molecule has 0 radical (unpaired) electrons. The quantitative estimate of drug-likeness (QED) is 0.884. The van der Waals surface area contributed by atoms with Crippen molar-refractivity contribution >= 4 is 0 Å². The summed E-state index contributed by atoms with van der Waals surface area (Å²) in [6.07, 6.45) is 3.27. The van der Waals surface area contributed by atoms with E-state index in [9.17, 15) is 0 Å². The average molecular weight is 286 g/mol. The van der Waals surface area contributed by atoms with Gasteiger partial charge in [-0.15, -0.1) is 0 Å². The van der Waals surface area contributed by atoms with Crippen LogP contribution in [0.5, 0.6) is 0 Å². The summed E-state index contributed by atoms with van der Waals surface area (Å²) in [7, 11) is 0. The minimum atomic E-state index is 0.270. The van der Waals surface area contributed by atoms with Crippen molar-refractivity contribution in [1.82, 2.24) is 4.90 Å². The lowest BCUT2D eigenvalue weighted by Gasteiger charge is -2.32. The van der Waals surface area contributed by atoms with Crippen LogP contribution >= 0.6 is 0 Å². The van der Waals surface area contributed by atoms with Gasteiger partial charge in [0.2, 0.25) is 0 Å². The van der Waals surface area contributed by atoms with Gasteiger partial charge < -0.3 is 10.6 Å². The van der Waals surface area contributed by atoms with Crippen LogP contribution in [0.1, 0.15) is 57.6 Å². The van der Waals surface area contributed by atoms with Crippen molar-refractivity contribution in [3.8, 4) is 0 Å². The third-order valence-corrected chi connectivity index (χ3v) is 4.76. The van der Waals surface area contributed by atoms with Crippen LogP contribution in [-0.2, 0) is 6.42 Å². The highest BCUT2D eigenvalue weighted by molar-refractivity contribution is 5.25. The van der Waals surface area contributed by atoms with Gasteiger partial charge in [0.1, 0.15) is 0 Å². The Kier molecular flexibility index (Phi) is 5.10. The van der Waals surface area contributed by atoms with Crippen LogP contribution in [0.25, 0.3) is 0 Å². The Morgan fingerprint density at radius 3 is 2.48 bits per heavy atom. The summed E-state index contributed by atoms with van der Waals surface area (Å²) in [5.41, 5.74) is 10.3. The maximum atomic E-state index is 6.34. The minimum Gasteiger partial charge on any atom is -0.368 e. The van der Waals surface area contributed by atoms with Crippen LogP contribution in [0.15, 0.2) is 36.5 Å². The molecule has 0 aliphatic carbocycles. The molecule has 0 saturated carbocycles. The monoisotopic (exact) mass is 286 g/mol. The molecule has 0 amide bonds. The molecule has 3 atom stereocenters. The molecule has 0 bridgehead atoms. The second-order valence-electron chi connectivity index (χ2n) is 6.89. The van der Waals surface area contributed by atoms with E-state index in [0.29, 0.717) is 18.0 Å². The lowest BCUT2D eigenvalue weighted by molar-refractivity contribution is 0.247. The Hall–Kier alpha value is -1.28. The van der Waals surface area contributed by atoms with Crippen molar-refractivity contribution in [2.75, 3.05) is 0 Å². The topological polar surface area (TPSA) is 29.3 Å². The van der Waals surface area contributed by atoms with Crippen LogP contribution in [0.2, 0.25) is 0 Å². The summed E-state index contributed by atoms with van der Waals surface area (Å²) in [6, 6.07) is 10.3. The molecule has 21 heavy (non-hydrogen) atoms. The number of hydrogen-bond acceptors (Lipinski definition) is 2. The summed E-state index contributed by atoms with van der Waals surface area (Å²) in [4.78, 5) is 2.42. The number of likely N-dealkylation sites (tertiary alicyclic amines) is 1. The molecule has 1 saturated heterocycles. The highest BCUT2D eigenvalue weighted by Gasteiger charge is 2.35. The van der Waals surface area contributed by atoms with E-state index < -0.39 is 0 Å². The van der Waals surface area contributed by atoms with Crippen LogP contribution < -0.4 is 5.73 Å². The zero-order valence-corrected chi connectivity index (χ0v) is 14.0. The van der Waals surface area contributed by atoms with Crippen LogP contribution in [-0.4, -0.2) is 23.0 Å². The third kappa shape index (κ3) is 3.68. The Balaban J connectivity index is 1.99. The summed E-state index contributed by atoms with van der Waals surface area (Å²) >= 11 is 0. The molecule has 1 aromatic carbocycles. The van der Waals surface area contributed by atoms with E-state index in [1.54, 1.807) is 0 Å². The number of benzene rings is 1. The van der Waals surface area contributed by atoms with E-state index in [1.807, 2.05) is 0 Å². The molecule has 1 fully saturated rings. The predicted octanol–water partition coefficient (Wildman–Crippen LogP) is 4.07. The molecule has 116 valence electrons. The Bertz CT molecular complexity index is 475. The fourth-order valence-corrected chi connectivity index (χ4v) is 3.59. The number of nitrogens with two attached hydrogens (primary N) is 1. The number of nitrogens with zero attached hydrogens (tertiary/aromatic N) is 1. The maximum absolute atomic E-state index is 6.34. The molecule has 2 N–H and O–H groups in total. The van der Waals surface area contributed by atoms with E-state index in [4.69, 9.17) is 5.73 Å². The van der Waals surface area contributed by atoms with Crippen molar-refractivity contribution in [3.63, 3.8) is 0 Å². The van der Waals surface area contributed by atoms with Crippen molar-refractivity contribution < 1.29 is 0 Å². The van der Waals surface area contributed by atoms with Gasteiger partial charge in [-0.1, -0.05) is 44.7 Å². The first-order chi connectivity index (χ1) is 9.90. The van der Waals surface area contributed by atoms with Gasteiger partial charge in [0, 0.05) is 23.8 Å². The number of hydrogen-bond donors (Lipinski definition) is 1. The summed E-state index contributed by atoms with van der Waals surface area (Å²) in [5.74, 6) is 0.599. The molecule has 1 aliphatic heterocycles. The molecule has 0 aromatic heterocycles. The van der Waals surface area contributed by atoms with Gasteiger partial charge in [0.25, 0.3) is 0 Å². The Labute approximate surface area is 130 Å². The molecular formula is C19H30N2. The molecule has 1 aliphatic rings. The fourth-order valence-electron chi connectivity index (χ4n) is 3.59. The number of rotatable bonds is 5.